The zero-order valence-corrected chi connectivity index (χ0v) is 16.2. The van der Waals surface area contributed by atoms with E-state index in [0.717, 1.165) is 67.4 Å². The molecule has 0 spiro atoms. The normalized spacial score (nSPS) is 11.6. The van der Waals surface area contributed by atoms with Crippen molar-refractivity contribution in [2.24, 2.45) is 0 Å². The maximum atomic E-state index is 4.38. The first-order valence-corrected chi connectivity index (χ1v) is 9.15. The number of hydrogen-bond acceptors (Lipinski definition) is 3. The van der Waals surface area contributed by atoms with Crippen LogP contribution >= 0.6 is 0 Å². The van der Waals surface area contributed by atoms with Gasteiger partial charge in [0.05, 0.1) is 33.1 Å². The third-order valence-corrected chi connectivity index (χ3v) is 4.71. The Balaban J connectivity index is 0.000000122. The highest BCUT2D eigenvalue weighted by Crippen LogP contribution is 2.19. The molecular formula is C20H21N8+. The number of nitrogens with one attached hydrogen (secondary N) is 5. The minimum absolute atomic E-state index is 0.935. The Kier molecular flexibility index (Phi) is 3.48. The van der Waals surface area contributed by atoms with Gasteiger partial charge in [-0.25, -0.2) is 24.9 Å². The van der Waals surface area contributed by atoms with Crippen LogP contribution in [0.1, 0.15) is 23.3 Å². The Hall–Kier alpha value is -3.68. The molecule has 0 fully saturated rings. The summed E-state index contributed by atoms with van der Waals surface area (Å²) in [4.78, 5) is 29.2. The molecule has 4 aromatic heterocycles. The van der Waals surface area contributed by atoms with Crippen molar-refractivity contribution >= 4 is 44.1 Å². The van der Waals surface area contributed by atoms with Crippen LogP contribution < -0.4 is 4.98 Å². The quantitative estimate of drug-likeness (QED) is 0.326. The number of H-pyrrole nitrogens is 5. The molecule has 0 atom stereocenters. The second kappa shape index (κ2) is 5.91. The second-order valence-corrected chi connectivity index (χ2v) is 7.14. The summed E-state index contributed by atoms with van der Waals surface area (Å²) < 4.78 is 0. The average molecular weight is 373 g/mol. The van der Waals surface area contributed by atoms with E-state index in [1.54, 1.807) is 0 Å². The number of rotatable bonds is 0. The Morgan fingerprint density at radius 2 is 1.04 bits per heavy atom. The van der Waals surface area contributed by atoms with Crippen LogP contribution in [-0.4, -0.2) is 34.9 Å². The van der Waals surface area contributed by atoms with E-state index in [4.69, 9.17) is 0 Å². The standard InChI is InChI=1S/2C10H10N4/c2*1-5-11-7-3-9-10(4-8(7)12-5)14-6(2)13-9/h2*3-4H,1-2H3,(H,11,12)(H,13,14)/p+1. The van der Waals surface area contributed by atoms with Crippen molar-refractivity contribution in [3.8, 4) is 0 Å². The van der Waals surface area contributed by atoms with Gasteiger partial charge in [0.2, 0.25) is 5.82 Å². The molecule has 28 heavy (non-hydrogen) atoms. The van der Waals surface area contributed by atoms with E-state index in [2.05, 4.69) is 52.0 Å². The number of fused-ring (bicyclic) bond motifs is 4. The van der Waals surface area contributed by atoms with Crippen molar-refractivity contribution < 1.29 is 4.98 Å². The lowest BCUT2D eigenvalue weighted by Gasteiger charge is -1.87. The van der Waals surface area contributed by atoms with Crippen LogP contribution in [0.5, 0.6) is 0 Å². The molecule has 6 rings (SSSR count). The first-order valence-electron chi connectivity index (χ1n) is 9.15. The molecule has 0 bridgehead atoms. The summed E-state index contributed by atoms with van der Waals surface area (Å²) in [5, 5.41) is 0. The summed E-state index contributed by atoms with van der Waals surface area (Å²) >= 11 is 0. The molecule has 2 aromatic carbocycles. The third-order valence-electron chi connectivity index (χ3n) is 4.71. The van der Waals surface area contributed by atoms with Gasteiger partial charge in [-0.3, -0.25) is 0 Å². The van der Waals surface area contributed by atoms with Crippen LogP contribution in [0, 0.1) is 27.7 Å². The topological polar surface area (TPSA) is 116 Å². The minimum Gasteiger partial charge on any atom is -0.342 e. The molecule has 5 N–H and O–H groups in total. The zero-order chi connectivity index (χ0) is 19.4. The van der Waals surface area contributed by atoms with Crippen molar-refractivity contribution in [3.63, 3.8) is 0 Å². The monoisotopic (exact) mass is 373 g/mol. The lowest BCUT2D eigenvalue weighted by Crippen LogP contribution is -2.01. The van der Waals surface area contributed by atoms with Crippen molar-refractivity contribution in [2.75, 3.05) is 0 Å². The van der Waals surface area contributed by atoms with Crippen molar-refractivity contribution in [2.45, 2.75) is 27.7 Å². The smallest absolute Gasteiger partial charge is 0.249 e. The second-order valence-electron chi connectivity index (χ2n) is 7.14. The lowest BCUT2D eigenvalue weighted by molar-refractivity contribution is -0.354. The Labute approximate surface area is 159 Å². The van der Waals surface area contributed by atoms with E-state index in [0.29, 0.717) is 0 Å². The van der Waals surface area contributed by atoms with Gasteiger partial charge in [0, 0.05) is 19.1 Å². The number of aryl methyl sites for hydroxylation is 4. The molecule has 140 valence electrons. The van der Waals surface area contributed by atoms with Gasteiger partial charge in [0.25, 0.3) is 0 Å². The maximum absolute atomic E-state index is 4.38. The number of aromatic amines is 5. The third kappa shape index (κ3) is 2.79. The van der Waals surface area contributed by atoms with E-state index in [1.165, 1.54) is 0 Å². The van der Waals surface area contributed by atoms with Gasteiger partial charge < -0.3 is 15.0 Å². The lowest BCUT2D eigenvalue weighted by atomic mass is 10.3. The Morgan fingerprint density at radius 1 is 0.571 bits per heavy atom. The summed E-state index contributed by atoms with van der Waals surface area (Å²) in [6.45, 7) is 7.87. The Morgan fingerprint density at radius 3 is 1.57 bits per heavy atom. The molecule has 0 aliphatic carbocycles. The van der Waals surface area contributed by atoms with Gasteiger partial charge in [0.15, 0.2) is 11.0 Å². The van der Waals surface area contributed by atoms with E-state index in [-0.39, 0.29) is 0 Å². The van der Waals surface area contributed by atoms with Gasteiger partial charge in [0.1, 0.15) is 17.5 Å². The van der Waals surface area contributed by atoms with Gasteiger partial charge in [-0.1, -0.05) is 0 Å². The molecule has 0 aliphatic heterocycles. The molecule has 0 radical (unpaired) electrons. The molecule has 4 heterocycles. The Bertz CT molecular complexity index is 1140. The highest BCUT2D eigenvalue weighted by Gasteiger charge is 2.09. The highest BCUT2D eigenvalue weighted by atomic mass is 14.9. The van der Waals surface area contributed by atoms with Gasteiger partial charge >= 0.3 is 0 Å². The predicted molar refractivity (Wildman–Crippen MR) is 109 cm³/mol. The first kappa shape index (κ1) is 16.5. The molecule has 0 saturated carbocycles. The highest BCUT2D eigenvalue weighted by molar-refractivity contribution is 5.91. The molecule has 8 nitrogen and oxygen atoms in total. The largest absolute Gasteiger partial charge is 0.342 e. The number of imidazole rings is 4. The van der Waals surface area contributed by atoms with Crippen molar-refractivity contribution in [3.05, 3.63) is 47.6 Å². The molecule has 0 saturated heterocycles. The summed E-state index contributed by atoms with van der Waals surface area (Å²) in [6, 6.07) is 8.17. The van der Waals surface area contributed by atoms with Crippen LogP contribution in [0.15, 0.2) is 24.3 Å². The van der Waals surface area contributed by atoms with E-state index in [1.807, 2.05) is 39.8 Å². The summed E-state index contributed by atoms with van der Waals surface area (Å²) in [7, 11) is 0. The molecular weight excluding hydrogens is 352 g/mol. The van der Waals surface area contributed by atoms with Gasteiger partial charge in [-0.05, 0) is 32.9 Å². The van der Waals surface area contributed by atoms with Crippen molar-refractivity contribution in [1.29, 1.82) is 0 Å². The average Bonchev–Trinajstić information content (AvgIpc) is 3.33. The SMILES string of the molecule is Cc1nc2cc3[nH+]c(C)[nH]c3cc2[nH]1.Cc1nc2cc3nc(C)[nH]c3cc2[nH]1. The number of nitrogens with zero attached hydrogens (tertiary/aromatic N) is 3. The molecule has 8 heteroatoms. The summed E-state index contributed by atoms with van der Waals surface area (Å²) in [6.07, 6.45) is 0. The van der Waals surface area contributed by atoms with Gasteiger partial charge in [-0.15, -0.1) is 0 Å². The number of hydrogen-bond donors (Lipinski definition) is 4. The molecule has 0 unspecified atom stereocenters. The molecule has 6 aromatic rings. The van der Waals surface area contributed by atoms with Crippen molar-refractivity contribution in [1.82, 2.24) is 34.9 Å². The van der Waals surface area contributed by atoms with Gasteiger partial charge in [-0.2, -0.15) is 0 Å². The van der Waals surface area contributed by atoms with Crippen LogP contribution in [0.4, 0.5) is 0 Å². The zero-order valence-electron chi connectivity index (χ0n) is 16.2. The van der Waals surface area contributed by atoms with Crippen LogP contribution in [0.25, 0.3) is 44.1 Å². The maximum Gasteiger partial charge on any atom is 0.249 e. The van der Waals surface area contributed by atoms with Crippen LogP contribution in [0.2, 0.25) is 0 Å². The van der Waals surface area contributed by atoms with E-state index < -0.39 is 0 Å². The fourth-order valence-electron chi connectivity index (χ4n) is 3.60. The molecule has 0 aliphatic rings. The fourth-order valence-corrected chi connectivity index (χ4v) is 3.60. The number of benzene rings is 2. The fraction of sp³-hybridized carbons (Fsp3) is 0.200. The summed E-state index contributed by atoms with van der Waals surface area (Å²) in [5.41, 5.74) is 8.34. The molecule has 0 amide bonds. The van der Waals surface area contributed by atoms with E-state index >= 15 is 0 Å². The summed E-state index contributed by atoms with van der Waals surface area (Å²) in [5.74, 6) is 3.88. The van der Waals surface area contributed by atoms with Crippen LogP contribution in [-0.2, 0) is 0 Å². The first-order chi connectivity index (χ1) is 13.4. The minimum atomic E-state index is 0.935. The van der Waals surface area contributed by atoms with Crippen LogP contribution in [0.3, 0.4) is 0 Å². The number of aromatic nitrogens is 8. The van der Waals surface area contributed by atoms with E-state index in [9.17, 15) is 0 Å². The predicted octanol–water partition coefficient (Wildman–Crippen LogP) is 3.53.